The molecule has 1 aromatic carbocycles. The number of halogens is 1. The molecule has 0 radical (unpaired) electrons. The highest BCUT2D eigenvalue weighted by atomic mass is 35.5. The molecule has 0 amide bonds. The van der Waals surface area contributed by atoms with Crippen LogP contribution in [0.1, 0.15) is 32.8 Å². The molecule has 0 N–H and O–H groups in total. The summed E-state index contributed by atoms with van der Waals surface area (Å²) in [5.41, 5.74) is 1.54. The van der Waals surface area contributed by atoms with Gasteiger partial charge in [0.25, 0.3) is 0 Å². The summed E-state index contributed by atoms with van der Waals surface area (Å²) >= 11 is 5.90. The van der Waals surface area contributed by atoms with Crippen LogP contribution in [0.2, 0.25) is 0 Å². The Morgan fingerprint density at radius 1 is 1.25 bits per heavy atom. The second-order valence-corrected chi connectivity index (χ2v) is 7.04. The third-order valence-electron chi connectivity index (χ3n) is 3.98. The molecule has 1 aromatic rings. The molecule has 1 heterocycles. The molecular weight excluding hydrogens is 270 g/mol. The van der Waals surface area contributed by atoms with Gasteiger partial charge in [0.2, 0.25) is 0 Å². The largest absolute Gasteiger partial charge is 0.492 e. The van der Waals surface area contributed by atoms with E-state index in [4.69, 9.17) is 16.3 Å². The maximum absolute atomic E-state index is 5.90. The minimum atomic E-state index is 0.199. The van der Waals surface area contributed by atoms with E-state index >= 15 is 0 Å². The number of benzene rings is 1. The van der Waals surface area contributed by atoms with Crippen LogP contribution in [0.25, 0.3) is 0 Å². The van der Waals surface area contributed by atoms with Crippen molar-refractivity contribution in [1.29, 1.82) is 0 Å². The van der Waals surface area contributed by atoms with Crippen LogP contribution in [0, 0.1) is 5.92 Å². The standard InChI is InChI=1S/C17H26ClNO/c1-17(2,3)15-4-6-16(7-5-15)20-11-10-19-9-8-14(12-18)13-19/h4-7,14H,8-13H2,1-3H3. The van der Waals surface area contributed by atoms with Gasteiger partial charge in [-0.2, -0.15) is 0 Å². The van der Waals surface area contributed by atoms with Crippen LogP contribution in [0.15, 0.2) is 24.3 Å². The molecule has 2 nitrogen and oxygen atoms in total. The molecule has 3 heteroatoms. The third kappa shape index (κ3) is 4.39. The summed E-state index contributed by atoms with van der Waals surface area (Å²) in [6.45, 7) is 10.7. The van der Waals surface area contributed by atoms with E-state index in [-0.39, 0.29) is 5.41 Å². The predicted molar refractivity (Wildman–Crippen MR) is 85.9 cm³/mol. The van der Waals surface area contributed by atoms with Crippen LogP contribution in [0.5, 0.6) is 5.75 Å². The SMILES string of the molecule is CC(C)(C)c1ccc(OCCN2CCC(CCl)C2)cc1. The summed E-state index contributed by atoms with van der Waals surface area (Å²) in [6, 6.07) is 8.47. The zero-order chi connectivity index (χ0) is 14.6. The Bertz CT molecular complexity index is 410. The first-order chi connectivity index (χ1) is 9.49. The Kier molecular flexibility index (Phi) is 5.34. The van der Waals surface area contributed by atoms with Crippen molar-refractivity contribution >= 4 is 11.6 Å². The fourth-order valence-electron chi connectivity index (χ4n) is 2.59. The Morgan fingerprint density at radius 3 is 2.50 bits per heavy atom. The molecule has 1 saturated heterocycles. The van der Waals surface area contributed by atoms with Gasteiger partial charge in [-0.1, -0.05) is 32.9 Å². The van der Waals surface area contributed by atoms with E-state index < -0.39 is 0 Å². The van der Waals surface area contributed by atoms with Crippen molar-refractivity contribution in [3.8, 4) is 5.75 Å². The normalized spacial score (nSPS) is 20.3. The molecule has 1 atom stereocenters. The van der Waals surface area contributed by atoms with Gasteiger partial charge in [-0.05, 0) is 42.0 Å². The fraction of sp³-hybridized carbons (Fsp3) is 0.647. The van der Waals surface area contributed by atoms with E-state index in [9.17, 15) is 0 Å². The van der Waals surface area contributed by atoms with Crippen molar-refractivity contribution in [2.45, 2.75) is 32.6 Å². The maximum atomic E-state index is 5.90. The zero-order valence-electron chi connectivity index (χ0n) is 12.9. The van der Waals surface area contributed by atoms with E-state index in [0.29, 0.717) is 5.92 Å². The van der Waals surface area contributed by atoms with Crippen LogP contribution >= 0.6 is 11.6 Å². The predicted octanol–water partition coefficient (Wildman–Crippen LogP) is 3.92. The Morgan fingerprint density at radius 2 is 1.95 bits per heavy atom. The van der Waals surface area contributed by atoms with Crippen molar-refractivity contribution < 1.29 is 4.74 Å². The summed E-state index contributed by atoms with van der Waals surface area (Å²) in [7, 11) is 0. The van der Waals surface area contributed by atoms with Gasteiger partial charge < -0.3 is 4.74 Å². The van der Waals surface area contributed by atoms with Crippen LogP contribution in [-0.4, -0.2) is 37.0 Å². The Balaban J connectivity index is 1.75. The smallest absolute Gasteiger partial charge is 0.119 e. The third-order valence-corrected chi connectivity index (χ3v) is 4.42. The first kappa shape index (κ1) is 15.7. The lowest BCUT2D eigenvalue weighted by molar-refractivity contribution is 0.234. The molecule has 0 aromatic heterocycles. The summed E-state index contributed by atoms with van der Waals surface area (Å²) < 4.78 is 5.83. The van der Waals surface area contributed by atoms with Gasteiger partial charge in [0, 0.05) is 19.0 Å². The zero-order valence-corrected chi connectivity index (χ0v) is 13.6. The highest BCUT2D eigenvalue weighted by Crippen LogP contribution is 2.24. The second-order valence-electron chi connectivity index (χ2n) is 6.73. The number of rotatable bonds is 5. The molecule has 1 unspecified atom stereocenters. The van der Waals surface area contributed by atoms with Gasteiger partial charge in [-0.15, -0.1) is 11.6 Å². The summed E-state index contributed by atoms with van der Waals surface area (Å²) in [5, 5.41) is 0. The van der Waals surface area contributed by atoms with Crippen LogP contribution in [0.4, 0.5) is 0 Å². The topological polar surface area (TPSA) is 12.5 Å². The van der Waals surface area contributed by atoms with Gasteiger partial charge >= 0.3 is 0 Å². The average Bonchev–Trinajstić information content (AvgIpc) is 2.86. The van der Waals surface area contributed by atoms with Crippen molar-refractivity contribution in [2.75, 3.05) is 32.1 Å². The summed E-state index contributed by atoms with van der Waals surface area (Å²) in [6.07, 6.45) is 1.23. The highest BCUT2D eigenvalue weighted by molar-refractivity contribution is 6.18. The minimum Gasteiger partial charge on any atom is -0.492 e. The highest BCUT2D eigenvalue weighted by Gasteiger charge is 2.21. The van der Waals surface area contributed by atoms with Gasteiger partial charge in [0.15, 0.2) is 0 Å². The fourth-order valence-corrected chi connectivity index (χ4v) is 2.84. The van der Waals surface area contributed by atoms with Gasteiger partial charge in [0.05, 0.1) is 0 Å². The van der Waals surface area contributed by atoms with Gasteiger partial charge in [0.1, 0.15) is 12.4 Å². The monoisotopic (exact) mass is 295 g/mol. The lowest BCUT2D eigenvalue weighted by Gasteiger charge is -2.19. The average molecular weight is 296 g/mol. The van der Waals surface area contributed by atoms with Crippen LogP contribution in [0.3, 0.4) is 0 Å². The molecule has 2 rings (SSSR count). The Labute approximate surface area is 128 Å². The number of hydrogen-bond acceptors (Lipinski definition) is 2. The molecule has 0 spiro atoms. The number of ether oxygens (including phenoxy) is 1. The minimum absolute atomic E-state index is 0.199. The molecular formula is C17H26ClNO. The number of hydrogen-bond donors (Lipinski definition) is 0. The molecule has 1 fully saturated rings. The number of alkyl halides is 1. The van der Waals surface area contributed by atoms with Gasteiger partial charge in [-0.25, -0.2) is 0 Å². The maximum Gasteiger partial charge on any atom is 0.119 e. The molecule has 0 aliphatic carbocycles. The Hall–Kier alpha value is -0.730. The van der Waals surface area contributed by atoms with E-state index in [0.717, 1.165) is 37.9 Å². The second kappa shape index (κ2) is 6.82. The number of likely N-dealkylation sites (tertiary alicyclic amines) is 1. The van der Waals surface area contributed by atoms with Gasteiger partial charge in [-0.3, -0.25) is 4.90 Å². The van der Waals surface area contributed by atoms with Crippen molar-refractivity contribution in [3.05, 3.63) is 29.8 Å². The van der Waals surface area contributed by atoms with E-state index in [1.807, 2.05) is 0 Å². The molecule has 1 aliphatic rings. The van der Waals surface area contributed by atoms with Crippen LogP contribution in [-0.2, 0) is 5.41 Å². The lowest BCUT2D eigenvalue weighted by atomic mass is 9.87. The quantitative estimate of drug-likeness (QED) is 0.763. The molecule has 112 valence electrons. The van der Waals surface area contributed by atoms with Crippen LogP contribution < -0.4 is 4.74 Å². The number of nitrogens with zero attached hydrogens (tertiary/aromatic N) is 1. The first-order valence-electron chi connectivity index (χ1n) is 7.50. The van der Waals surface area contributed by atoms with Crippen molar-refractivity contribution in [1.82, 2.24) is 4.90 Å². The molecule has 1 aliphatic heterocycles. The molecule has 0 saturated carbocycles. The van der Waals surface area contributed by atoms with E-state index in [2.05, 4.69) is 49.9 Å². The van der Waals surface area contributed by atoms with E-state index in [1.165, 1.54) is 12.0 Å². The van der Waals surface area contributed by atoms with E-state index in [1.54, 1.807) is 0 Å². The summed E-state index contributed by atoms with van der Waals surface area (Å²) in [5.74, 6) is 2.42. The summed E-state index contributed by atoms with van der Waals surface area (Å²) in [4.78, 5) is 2.44. The first-order valence-corrected chi connectivity index (χ1v) is 8.04. The lowest BCUT2D eigenvalue weighted by Crippen LogP contribution is -2.26. The van der Waals surface area contributed by atoms with Crippen molar-refractivity contribution in [2.24, 2.45) is 5.92 Å². The van der Waals surface area contributed by atoms with Crippen molar-refractivity contribution in [3.63, 3.8) is 0 Å². The molecule has 0 bridgehead atoms. The molecule has 20 heavy (non-hydrogen) atoms.